The number of aromatic nitrogens is 2. The Hall–Kier alpha value is -6.10. The predicted octanol–water partition coefficient (Wildman–Crippen LogP) is 11.9. The van der Waals surface area contributed by atoms with Gasteiger partial charge in [0.25, 0.3) is 0 Å². The molecule has 1 unspecified atom stereocenters. The number of rotatable bonds is 6. The third-order valence-corrected chi connectivity index (χ3v) is 9.48. The highest BCUT2D eigenvalue weighted by Crippen LogP contribution is 2.46. The van der Waals surface area contributed by atoms with Gasteiger partial charge in [-0.1, -0.05) is 121 Å². The molecule has 8 aromatic rings. The van der Waals surface area contributed by atoms with Crippen LogP contribution in [0.5, 0.6) is 0 Å². The van der Waals surface area contributed by atoms with Crippen molar-refractivity contribution in [3.63, 3.8) is 0 Å². The molecule has 0 aliphatic carbocycles. The molecule has 9 rings (SSSR count). The molecule has 0 fully saturated rings. The van der Waals surface area contributed by atoms with Gasteiger partial charge in [-0.2, -0.15) is 0 Å². The van der Waals surface area contributed by atoms with Crippen LogP contribution < -0.4 is 10.2 Å². The van der Waals surface area contributed by atoms with Crippen LogP contribution >= 0.6 is 11.6 Å². The average Bonchev–Trinajstić information content (AvgIpc) is 3.75. The molecule has 0 amide bonds. The fourth-order valence-corrected chi connectivity index (χ4v) is 7.15. The quantitative estimate of drug-likeness (QED) is 0.194. The van der Waals surface area contributed by atoms with Crippen molar-refractivity contribution in [2.45, 2.75) is 6.17 Å². The lowest BCUT2D eigenvalue weighted by Crippen LogP contribution is -2.23. The van der Waals surface area contributed by atoms with E-state index in [-0.39, 0.29) is 6.17 Å². The number of benzene rings is 7. The Morgan fingerprint density at radius 3 is 1.80 bits per heavy atom. The first-order chi connectivity index (χ1) is 24.2. The highest BCUT2D eigenvalue weighted by molar-refractivity contribution is 6.31. The summed E-state index contributed by atoms with van der Waals surface area (Å²) >= 11 is 6.75. The van der Waals surface area contributed by atoms with Gasteiger partial charge in [-0.25, -0.2) is 4.98 Å². The van der Waals surface area contributed by atoms with E-state index in [9.17, 15) is 0 Å². The maximum absolute atomic E-state index is 6.75. The molecule has 1 N–H and O–H groups in total. The summed E-state index contributed by atoms with van der Waals surface area (Å²) in [6.07, 6.45) is -0.0163. The first-order valence-corrected chi connectivity index (χ1v) is 16.8. The summed E-state index contributed by atoms with van der Waals surface area (Å²) in [4.78, 5) is 7.39. The summed E-state index contributed by atoms with van der Waals surface area (Å²) in [6, 6.07) is 61.4. The maximum Gasteiger partial charge on any atom is 0.145 e. The lowest BCUT2D eigenvalue weighted by atomic mass is 9.97. The Morgan fingerprint density at radius 1 is 0.510 bits per heavy atom. The standard InChI is InChI=1S/C44H31ClN4/c45-36-28-34(30-19-23-32(24-20-30)43-46-39-15-7-9-17-41(39)48(43)37-11-3-1-4-12-37)27-35(29-36)31-21-25-33(26-22-31)44-47-40-16-8-10-18-42(40)49(44)38-13-5-2-6-14-38/h1-29,43,46H. The van der Waals surface area contributed by atoms with Crippen molar-refractivity contribution < 1.29 is 0 Å². The molecule has 5 heteroatoms. The van der Waals surface area contributed by atoms with Gasteiger partial charge in [-0.05, 0) is 94.5 Å². The molecule has 1 aliphatic heterocycles. The van der Waals surface area contributed by atoms with Gasteiger partial charge in [0.05, 0.1) is 22.4 Å². The van der Waals surface area contributed by atoms with Gasteiger partial charge in [-0.15, -0.1) is 0 Å². The number of nitrogens with one attached hydrogen (secondary N) is 1. The van der Waals surface area contributed by atoms with Crippen molar-refractivity contribution in [3.05, 3.63) is 187 Å². The minimum absolute atomic E-state index is 0.0163. The van der Waals surface area contributed by atoms with E-state index >= 15 is 0 Å². The van der Waals surface area contributed by atoms with Crippen LogP contribution in [-0.4, -0.2) is 9.55 Å². The highest BCUT2D eigenvalue weighted by atomic mass is 35.5. The van der Waals surface area contributed by atoms with Gasteiger partial charge in [0.2, 0.25) is 0 Å². The fourth-order valence-electron chi connectivity index (χ4n) is 6.92. The highest BCUT2D eigenvalue weighted by Gasteiger charge is 2.30. The molecular weight excluding hydrogens is 620 g/mol. The summed E-state index contributed by atoms with van der Waals surface area (Å²) < 4.78 is 2.23. The number of anilines is 3. The molecule has 1 atom stereocenters. The summed E-state index contributed by atoms with van der Waals surface area (Å²) in [6.45, 7) is 0. The first-order valence-electron chi connectivity index (χ1n) is 16.4. The van der Waals surface area contributed by atoms with Crippen molar-refractivity contribution >= 4 is 39.7 Å². The van der Waals surface area contributed by atoms with Crippen molar-refractivity contribution in [2.24, 2.45) is 0 Å². The smallest absolute Gasteiger partial charge is 0.145 e. The van der Waals surface area contributed by atoms with Crippen LogP contribution in [0.2, 0.25) is 5.02 Å². The van der Waals surface area contributed by atoms with E-state index in [4.69, 9.17) is 16.6 Å². The predicted molar refractivity (Wildman–Crippen MR) is 204 cm³/mol. The normalized spacial score (nSPS) is 13.7. The van der Waals surface area contributed by atoms with Gasteiger partial charge in [0.1, 0.15) is 12.0 Å². The zero-order chi connectivity index (χ0) is 32.7. The third kappa shape index (κ3) is 5.33. The van der Waals surface area contributed by atoms with Crippen LogP contribution in [0.1, 0.15) is 11.7 Å². The zero-order valence-corrected chi connectivity index (χ0v) is 27.3. The first kappa shape index (κ1) is 29.1. The number of nitrogens with zero attached hydrogens (tertiary/aromatic N) is 3. The summed E-state index contributed by atoms with van der Waals surface area (Å²) in [5.41, 5.74) is 13.2. The van der Waals surface area contributed by atoms with Crippen LogP contribution in [0.25, 0.3) is 50.4 Å². The van der Waals surface area contributed by atoms with Gasteiger partial charge >= 0.3 is 0 Å². The molecule has 0 radical (unpaired) electrons. The van der Waals surface area contributed by atoms with Crippen LogP contribution in [0.3, 0.4) is 0 Å². The van der Waals surface area contributed by atoms with Gasteiger partial charge < -0.3 is 10.2 Å². The molecule has 2 heterocycles. The second kappa shape index (κ2) is 12.2. The number of hydrogen-bond donors (Lipinski definition) is 1. The Balaban J connectivity index is 1.02. The topological polar surface area (TPSA) is 33.1 Å². The maximum atomic E-state index is 6.75. The number of para-hydroxylation sites is 6. The van der Waals surface area contributed by atoms with E-state index in [1.54, 1.807) is 0 Å². The molecule has 1 aromatic heterocycles. The van der Waals surface area contributed by atoms with E-state index in [0.29, 0.717) is 5.02 Å². The largest absolute Gasteiger partial charge is 0.359 e. The molecule has 0 saturated carbocycles. The fraction of sp³-hybridized carbons (Fsp3) is 0.0227. The zero-order valence-electron chi connectivity index (χ0n) is 26.5. The van der Waals surface area contributed by atoms with E-state index < -0.39 is 0 Å². The summed E-state index contributed by atoms with van der Waals surface area (Å²) in [7, 11) is 0. The lowest BCUT2D eigenvalue weighted by molar-refractivity contribution is 0.828. The van der Waals surface area contributed by atoms with Crippen molar-refractivity contribution in [3.8, 4) is 39.3 Å². The monoisotopic (exact) mass is 650 g/mol. The van der Waals surface area contributed by atoms with Gasteiger partial charge in [0.15, 0.2) is 0 Å². The van der Waals surface area contributed by atoms with E-state index in [0.717, 1.165) is 61.7 Å². The summed E-state index contributed by atoms with van der Waals surface area (Å²) in [5, 5.41) is 4.44. The number of hydrogen-bond acceptors (Lipinski definition) is 3. The van der Waals surface area contributed by atoms with Crippen LogP contribution in [-0.2, 0) is 0 Å². The molecule has 234 valence electrons. The Labute approximate surface area is 290 Å². The average molecular weight is 651 g/mol. The molecular formula is C44H31ClN4. The van der Waals surface area contributed by atoms with Crippen LogP contribution in [0.15, 0.2) is 176 Å². The van der Waals surface area contributed by atoms with Crippen LogP contribution in [0, 0.1) is 0 Å². The van der Waals surface area contributed by atoms with Crippen molar-refractivity contribution in [1.82, 2.24) is 9.55 Å². The Kier molecular flexibility index (Phi) is 7.22. The lowest BCUT2D eigenvalue weighted by Gasteiger charge is -2.27. The molecule has 4 nitrogen and oxygen atoms in total. The minimum atomic E-state index is -0.0163. The second-order valence-electron chi connectivity index (χ2n) is 12.3. The number of imidazole rings is 1. The molecule has 0 saturated heterocycles. The number of halogens is 1. The number of fused-ring (bicyclic) bond motifs is 2. The Morgan fingerprint density at radius 2 is 1.08 bits per heavy atom. The molecule has 0 bridgehead atoms. The SMILES string of the molecule is Clc1cc(-c2ccc(-c3nc4ccccc4n3-c3ccccc3)cc2)cc(-c2ccc(C3Nc4ccccc4N3c3ccccc3)cc2)c1. The molecule has 7 aromatic carbocycles. The minimum Gasteiger partial charge on any atom is -0.359 e. The van der Waals surface area contributed by atoms with E-state index in [1.165, 1.54) is 11.3 Å². The van der Waals surface area contributed by atoms with E-state index in [1.807, 2.05) is 24.3 Å². The second-order valence-corrected chi connectivity index (χ2v) is 12.7. The van der Waals surface area contributed by atoms with Crippen LogP contribution in [0.4, 0.5) is 17.1 Å². The van der Waals surface area contributed by atoms with Crippen molar-refractivity contribution in [1.29, 1.82) is 0 Å². The molecule has 49 heavy (non-hydrogen) atoms. The molecule has 1 aliphatic rings. The van der Waals surface area contributed by atoms with Crippen molar-refractivity contribution in [2.75, 3.05) is 10.2 Å². The van der Waals surface area contributed by atoms with Gasteiger partial charge in [0, 0.05) is 22.0 Å². The third-order valence-electron chi connectivity index (χ3n) is 9.26. The van der Waals surface area contributed by atoms with E-state index in [2.05, 4.69) is 166 Å². The summed E-state index contributed by atoms with van der Waals surface area (Å²) in [5.74, 6) is 0.913. The van der Waals surface area contributed by atoms with Gasteiger partial charge in [-0.3, -0.25) is 4.57 Å². The molecule has 0 spiro atoms. The Bertz CT molecular complexity index is 2420.